The third-order valence-corrected chi connectivity index (χ3v) is 5.31. The molecule has 0 saturated carbocycles. The summed E-state index contributed by atoms with van der Waals surface area (Å²) in [5, 5.41) is 19.6. The van der Waals surface area contributed by atoms with Crippen LogP contribution < -0.4 is 16.0 Å². The quantitative estimate of drug-likeness (QED) is 0.318. The highest BCUT2D eigenvalue weighted by atomic mass is 16.6. The van der Waals surface area contributed by atoms with Gasteiger partial charge in [0.1, 0.15) is 0 Å². The van der Waals surface area contributed by atoms with Gasteiger partial charge >= 0.3 is 6.03 Å². The zero-order chi connectivity index (χ0) is 20.5. The topological polar surface area (TPSA) is 118 Å². The average molecular weight is 407 g/mol. The molecule has 2 saturated heterocycles. The number of nitrogens with one attached hydrogen (secondary N) is 3. The van der Waals surface area contributed by atoms with E-state index in [1.54, 1.807) is 12.1 Å². The molecule has 2 fully saturated rings. The van der Waals surface area contributed by atoms with E-state index in [1.165, 1.54) is 12.1 Å². The lowest BCUT2D eigenvalue weighted by atomic mass is 9.97. The standard InChI is InChI=1S/C19H29N5O5/c25-19(21-7-6-20-16-1-3-17(4-2-16)24(26)27)22-13-18(15-5-10-29-14-15)23-8-11-28-12-9-23/h1-4,15,18,20H,5-14H2,(H2,21,22,25)/t15-,18-/m0/s1. The minimum Gasteiger partial charge on any atom is -0.383 e. The summed E-state index contributed by atoms with van der Waals surface area (Å²) in [6.45, 7) is 6.28. The third kappa shape index (κ3) is 6.55. The molecule has 3 rings (SSSR count). The lowest BCUT2D eigenvalue weighted by molar-refractivity contribution is -0.384. The van der Waals surface area contributed by atoms with E-state index in [0.29, 0.717) is 25.6 Å². The van der Waals surface area contributed by atoms with E-state index in [2.05, 4.69) is 20.9 Å². The summed E-state index contributed by atoms with van der Waals surface area (Å²) in [5.74, 6) is 0.428. The van der Waals surface area contributed by atoms with Crippen molar-refractivity contribution in [1.82, 2.24) is 15.5 Å². The van der Waals surface area contributed by atoms with Crippen molar-refractivity contribution >= 4 is 17.4 Å². The first-order valence-corrected chi connectivity index (χ1v) is 10.0. The van der Waals surface area contributed by atoms with Crippen LogP contribution in [0.3, 0.4) is 0 Å². The van der Waals surface area contributed by atoms with Gasteiger partial charge in [0.2, 0.25) is 0 Å². The summed E-state index contributed by atoms with van der Waals surface area (Å²) in [6, 6.07) is 6.24. The molecule has 10 nitrogen and oxygen atoms in total. The second kappa shape index (κ2) is 10.9. The number of hydrogen-bond acceptors (Lipinski definition) is 7. The van der Waals surface area contributed by atoms with Crippen LogP contribution in [0, 0.1) is 16.0 Å². The van der Waals surface area contributed by atoms with Crippen LogP contribution in [0.2, 0.25) is 0 Å². The Morgan fingerprint density at radius 2 is 1.90 bits per heavy atom. The van der Waals surface area contributed by atoms with Gasteiger partial charge in [0, 0.05) is 69.1 Å². The maximum Gasteiger partial charge on any atom is 0.314 e. The highest BCUT2D eigenvalue weighted by Gasteiger charge is 2.31. The Morgan fingerprint density at radius 3 is 2.55 bits per heavy atom. The molecule has 0 aromatic heterocycles. The molecule has 0 radical (unpaired) electrons. The molecule has 160 valence electrons. The van der Waals surface area contributed by atoms with E-state index in [1.807, 2.05) is 0 Å². The first-order valence-electron chi connectivity index (χ1n) is 10.0. The molecule has 29 heavy (non-hydrogen) atoms. The Balaban J connectivity index is 1.37. The molecule has 2 heterocycles. The minimum atomic E-state index is -0.433. The SMILES string of the molecule is O=C(NCCNc1ccc([N+](=O)[O-])cc1)NC[C@@H]([C@H]1CCOC1)N1CCOCC1. The lowest BCUT2D eigenvalue weighted by Gasteiger charge is -2.37. The number of carbonyl (C=O) groups excluding carboxylic acids is 1. The van der Waals surface area contributed by atoms with Crippen LogP contribution in [0.15, 0.2) is 24.3 Å². The number of carbonyl (C=O) groups is 1. The van der Waals surface area contributed by atoms with Gasteiger partial charge in [-0.25, -0.2) is 4.79 Å². The van der Waals surface area contributed by atoms with Crippen molar-refractivity contribution in [2.75, 3.05) is 64.5 Å². The Hall–Kier alpha value is -2.43. The summed E-state index contributed by atoms with van der Waals surface area (Å²) in [6.07, 6.45) is 1.02. The highest BCUT2D eigenvalue weighted by Crippen LogP contribution is 2.21. The van der Waals surface area contributed by atoms with Crippen molar-refractivity contribution < 1.29 is 19.2 Å². The van der Waals surface area contributed by atoms with Gasteiger partial charge in [-0.15, -0.1) is 0 Å². The number of non-ortho nitro benzene ring substituents is 1. The second-order valence-corrected chi connectivity index (χ2v) is 7.21. The number of nitro groups is 1. The van der Waals surface area contributed by atoms with E-state index >= 15 is 0 Å². The number of ether oxygens (including phenoxy) is 2. The molecule has 0 spiro atoms. The van der Waals surface area contributed by atoms with Crippen LogP contribution in [-0.4, -0.2) is 81.0 Å². The van der Waals surface area contributed by atoms with Crippen LogP contribution in [0.5, 0.6) is 0 Å². The van der Waals surface area contributed by atoms with Crippen LogP contribution >= 0.6 is 0 Å². The number of nitrogens with zero attached hydrogens (tertiary/aromatic N) is 2. The molecule has 0 bridgehead atoms. The molecular weight excluding hydrogens is 378 g/mol. The smallest absolute Gasteiger partial charge is 0.314 e. The number of hydrogen-bond donors (Lipinski definition) is 3. The van der Waals surface area contributed by atoms with Gasteiger partial charge in [0.05, 0.1) is 24.7 Å². The minimum absolute atomic E-state index is 0.0514. The van der Waals surface area contributed by atoms with Gasteiger partial charge in [-0.1, -0.05) is 0 Å². The van der Waals surface area contributed by atoms with E-state index in [-0.39, 0.29) is 17.8 Å². The zero-order valence-electron chi connectivity index (χ0n) is 16.5. The average Bonchev–Trinajstić information content (AvgIpc) is 3.27. The number of urea groups is 1. The second-order valence-electron chi connectivity index (χ2n) is 7.21. The van der Waals surface area contributed by atoms with E-state index in [9.17, 15) is 14.9 Å². The van der Waals surface area contributed by atoms with Gasteiger partial charge in [0.25, 0.3) is 5.69 Å². The van der Waals surface area contributed by atoms with Crippen LogP contribution in [0.25, 0.3) is 0 Å². The molecule has 0 aliphatic carbocycles. The Bertz CT molecular complexity index is 659. The fraction of sp³-hybridized carbons (Fsp3) is 0.632. The van der Waals surface area contributed by atoms with Gasteiger partial charge in [0.15, 0.2) is 0 Å². The maximum atomic E-state index is 12.2. The van der Waals surface area contributed by atoms with Gasteiger partial charge in [-0.05, 0) is 18.6 Å². The molecule has 2 atom stereocenters. The predicted octanol–water partition coefficient (Wildman–Crippen LogP) is 1.04. The summed E-state index contributed by atoms with van der Waals surface area (Å²) in [5.41, 5.74) is 0.821. The van der Waals surface area contributed by atoms with Crippen LogP contribution in [0.4, 0.5) is 16.2 Å². The summed E-state index contributed by atoms with van der Waals surface area (Å²) < 4.78 is 11.0. The number of nitro benzene ring substituents is 1. The number of anilines is 1. The summed E-state index contributed by atoms with van der Waals surface area (Å²) in [7, 11) is 0. The Labute approximate surface area is 170 Å². The predicted molar refractivity (Wildman–Crippen MR) is 108 cm³/mol. The van der Waals surface area contributed by atoms with Gasteiger partial charge in [-0.2, -0.15) is 0 Å². The van der Waals surface area contributed by atoms with Gasteiger partial charge in [-0.3, -0.25) is 15.0 Å². The zero-order valence-corrected chi connectivity index (χ0v) is 16.5. The van der Waals surface area contributed by atoms with Crippen molar-refractivity contribution in [3.63, 3.8) is 0 Å². The highest BCUT2D eigenvalue weighted by molar-refractivity contribution is 5.73. The number of benzene rings is 1. The molecular formula is C19H29N5O5. The van der Waals surface area contributed by atoms with Crippen LogP contribution in [0.1, 0.15) is 6.42 Å². The normalized spacial score (nSPS) is 20.8. The lowest BCUT2D eigenvalue weighted by Crippen LogP contribution is -2.53. The molecule has 2 aliphatic rings. The molecule has 1 aromatic carbocycles. The van der Waals surface area contributed by atoms with Crippen molar-refractivity contribution in [3.8, 4) is 0 Å². The van der Waals surface area contributed by atoms with Crippen molar-refractivity contribution in [2.45, 2.75) is 12.5 Å². The number of morpholine rings is 1. The van der Waals surface area contributed by atoms with Crippen LogP contribution in [-0.2, 0) is 9.47 Å². The third-order valence-electron chi connectivity index (χ3n) is 5.31. The van der Waals surface area contributed by atoms with E-state index < -0.39 is 4.92 Å². The fourth-order valence-electron chi connectivity index (χ4n) is 3.70. The summed E-state index contributed by atoms with van der Waals surface area (Å²) >= 11 is 0. The first kappa shape index (κ1) is 21.3. The first-order chi connectivity index (χ1) is 14.1. The maximum absolute atomic E-state index is 12.2. The van der Waals surface area contributed by atoms with Gasteiger partial charge < -0.3 is 25.4 Å². The fourth-order valence-corrected chi connectivity index (χ4v) is 3.70. The number of amides is 2. The van der Waals surface area contributed by atoms with Crippen molar-refractivity contribution in [3.05, 3.63) is 34.4 Å². The molecule has 2 aliphatic heterocycles. The molecule has 10 heteroatoms. The summed E-state index contributed by atoms with van der Waals surface area (Å²) in [4.78, 5) is 24.8. The van der Waals surface area contributed by atoms with Crippen molar-refractivity contribution in [2.24, 2.45) is 5.92 Å². The molecule has 2 amide bonds. The Kier molecular flexibility index (Phi) is 8.03. The molecule has 3 N–H and O–H groups in total. The van der Waals surface area contributed by atoms with E-state index in [0.717, 1.165) is 51.6 Å². The van der Waals surface area contributed by atoms with Crippen molar-refractivity contribution in [1.29, 1.82) is 0 Å². The molecule has 0 unspecified atom stereocenters. The molecule has 1 aromatic rings. The monoisotopic (exact) mass is 407 g/mol. The Morgan fingerprint density at radius 1 is 1.14 bits per heavy atom. The largest absolute Gasteiger partial charge is 0.383 e. The van der Waals surface area contributed by atoms with E-state index in [4.69, 9.17) is 9.47 Å². The number of rotatable bonds is 9.